The number of ether oxygens (including phenoxy) is 1. The maximum absolute atomic E-state index is 10.8. The first-order chi connectivity index (χ1) is 5.61. The van der Waals surface area contributed by atoms with Crippen molar-refractivity contribution in [3.05, 3.63) is 12.7 Å². The second-order valence-corrected chi connectivity index (χ2v) is 2.85. The first kappa shape index (κ1) is 15.0. The molecule has 0 radical (unpaired) electrons. The lowest BCUT2D eigenvalue weighted by Crippen LogP contribution is -2.32. The third kappa shape index (κ3) is 6.61. The van der Waals surface area contributed by atoms with Crippen LogP contribution < -0.4 is 0 Å². The summed E-state index contributed by atoms with van der Waals surface area (Å²) in [5.41, 5.74) is 0. The Morgan fingerprint density at radius 1 is 1.62 bits per heavy atom. The third-order valence-electron chi connectivity index (χ3n) is 1.53. The van der Waals surface area contributed by atoms with Crippen molar-refractivity contribution in [3.8, 4) is 0 Å². The highest BCUT2D eigenvalue weighted by molar-refractivity contribution is 5.85. The molecular weight excluding hydrogens is 190 g/mol. The number of esters is 1. The van der Waals surface area contributed by atoms with Crippen LogP contribution in [0.25, 0.3) is 0 Å². The van der Waals surface area contributed by atoms with Gasteiger partial charge in [-0.1, -0.05) is 19.9 Å². The lowest BCUT2D eigenvalue weighted by Gasteiger charge is -2.22. The van der Waals surface area contributed by atoms with Gasteiger partial charge in [0, 0.05) is 6.08 Å². The lowest BCUT2D eigenvalue weighted by molar-refractivity contribution is -0.151. The largest absolute Gasteiger partial charge is 0.443 e. The zero-order valence-electron chi connectivity index (χ0n) is 8.45. The second-order valence-electron chi connectivity index (χ2n) is 2.85. The highest BCUT2D eigenvalue weighted by Gasteiger charge is 2.12. The average molecular weight is 208 g/mol. The topological polar surface area (TPSA) is 29.5 Å². The Morgan fingerprint density at radius 3 is 2.46 bits per heavy atom. The van der Waals surface area contributed by atoms with Crippen LogP contribution in [-0.4, -0.2) is 31.2 Å². The van der Waals surface area contributed by atoms with Crippen LogP contribution >= 0.6 is 12.4 Å². The zero-order valence-corrected chi connectivity index (χ0v) is 9.26. The van der Waals surface area contributed by atoms with Crippen LogP contribution in [0.2, 0.25) is 0 Å². The van der Waals surface area contributed by atoms with Gasteiger partial charge in [-0.05, 0) is 20.5 Å². The fourth-order valence-corrected chi connectivity index (χ4v) is 0.852. The van der Waals surface area contributed by atoms with Crippen LogP contribution in [0, 0.1) is 0 Å². The Hall–Kier alpha value is -0.540. The van der Waals surface area contributed by atoms with Crippen molar-refractivity contribution in [2.75, 3.05) is 14.1 Å². The lowest BCUT2D eigenvalue weighted by atomic mass is 10.3. The Balaban J connectivity index is 0. The number of carbonyl (C=O) groups excluding carboxylic acids is 1. The minimum atomic E-state index is -0.359. The Kier molecular flexibility index (Phi) is 9.29. The van der Waals surface area contributed by atoms with Crippen molar-refractivity contribution in [2.24, 2.45) is 0 Å². The first-order valence-electron chi connectivity index (χ1n) is 4.11. The van der Waals surface area contributed by atoms with E-state index in [1.54, 1.807) is 0 Å². The van der Waals surface area contributed by atoms with Gasteiger partial charge in [0.1, 0.15) is 0 Å². The van der Waals surface area contributed by atoms with Crippen molar-refractivity contribution >= 4 is 18.4 Å². The van der Waals surface area contributed by atoms with Crippen LogP contribution in [0.3, 0.4) is 0 Å². The van der Waals surface area contributed by atoms with Gasteiger partial charge in [-0.2, -0.15) is 0 Å². The van der Waals surface area contributed by atoms with E-state index < -0.39 is 0 Å². The molecule has 0 aromatic carbocycles. The molecule has 0 saturated carbocycles. The van der Waals surface area contributed by atoms with Gasteiger partial charge >= 0.3 is 5.97 Å². The fourth-order valence-electron chi connectivity index (χ4n) is 0.852. The summed E-state index contributed by atoms with van der Waals surface area (Å²) in [4.78, 5) is 12.7. The molecule has 0 saturated heterocycles. The molecule has 1 atom stereocenters. The van der Waals surface area contributed by atoms with Crippen LogP contribution in [0.4, 0.5) is 0 Å². The van der Waals surface area contributed by atoms with Gasteiger partial charge < -0.3 is 4.74 Å². The molecule has 0 aliphatic rings. The monoisotopic (exact) mass is 207 g/mol. The highest BCUT2D eigenvalue weighted by Crippen LogP contribution is 2.04. The molecule has 0 rings (SSSR count). The van der Waals surface area contributed by atoms with Gasteiger partial charge in [0.05, 0.1) is 0 Å². The van der Waals surface area contributed by atoms with Gasteiger partial charge in [-0.3, -0.25) is 4.90 Å². The van der Waals surface area contributed by atoms with E-state index in [0.29, 0.717) is 0 Å². The molecule has 0 spiro atoms. The fraction of sp³-hybridized carbons (Fsp3) is 0.667. The van der Waals surface area contributed by atoms with Crippen molar-refractivity contribution in [2.45, 2.75) is 26.0 Å². The summed E-state index contributed by atoms with van der Waals surface area (Å²) in [6.45, 7) is 5.39. The van der Waals surface area contributed by atoms with Gasteiger partial charge in [0.25, 0.3) is 0 Å². The molecule has 0 aromatic rings. The number of halogens is 1. The molecule has 3 nitrogen and oxygen atoms in total. The molecule has 1 unspecified atom stereocenters. The van der Waals surface area contributed by atoms with E-state index in [1.165, 1.54) is 6.08 Å². The van der Waals surface area contributed by atoms with Crippen LogP contribution in [-0.2, 0) is 9.53 Å². The molecular formula is C9H18ClNO2. The number of hydrogen-bond donors (Lipinski definition) is 0. The smallest absolute Gasteiger partial charge is 0.331 e. The molecule has 0 amide bonds. The summed E-state index contributed by atoms with van der Waals surface area (Å²) >= 11 is 0. The molecule has 0 aromatic heterocycles. The zero-order chi connectivity index (χ0) is 9.56. The number of carbonyl (C=O) groups is 1. The summed E-state index contributed by atoms with van der Waals surface area (Å²) in [6, 6.07) is 0. The quantitative estimate of drug-likeness (QED) is 0.391. The Morgan fingerprint density at radius 2 is 2.15 bits per heavy atom. The predicted octanol–water partition coefficient (Wildman–Crippen LogP) is 1.83. The number of hydrogen-bond acceptors (Lipinski definition) is 3. The molecule has 4 heteroatoms. The summed E-state index contributed by atoms with van der Waals surface area (Å²) in [5, 5.41) is 0. The Labute approximate surface area is 86.2 Å². The second kappa shape index (κ2) is 8.08. The van der Waals surface area contributed by atoms with E-state index in [2.05, 4.69) is 13.5 Å². The molecule has 0 fully saturated rings. The van der Waals surface area contributed by atoms with Crippen molar-refractivity contribution < 1.29 is 9.53 Å². The SMILES string of the molecule is C=CC(=O)OC(CCC)N(C)C.Cl. The minimum absolute atomic E-state index is 0. The van der Waals surface area contributed by atoms with E-state index in [-0.39, 0.29) is 24.6 Å². The van der Waals surface area contributed by atoms with Gasteiger partial charge in [0.2, 0.25) is 0 Å². The molecule has 0 aliphatic heterocycles. The standard InChI is InChI=1S/C9H17NO2.ClH/c1-5-7-8(10(3)4)12-9(11)6-2;/h6,8H,2,5,7H2,1,3-4H3;1H. The van der Waals surface area contributed by atoms with Crippen molar-refractivity contribution in [3.63, 3.8) is 0 Å². The summed E-state index contributed by atoms with van der Waals surface area (Å²) in [6.07, 6.45) is 2.91. The predicted molar refractivity (Wildman–Crippen MR) is 55.9 cm³/mol. The van der Waals surface area contributed by atoms with Crippen molar-refractivity contribution in [1.82, 2.24) is 4.90 Å². The first-order valence-corrected chi connectivity index (χ1v) is 4.11. The minimum Gasteiger partial charge on any atom is -0.443 e. The molecule has 78 valence electrons. The van der Waals surface area contributed by atoms with Crippen LogP contribution in [0.5, 0.6) is 0 Å². The van der Waals surface area contributed by atoms with E-state index in [1.807, 2.05) is 19.0 Å². The summed E-state index contributed by atoms with van der Waals surface area (Å²) in [7, 11) is 3.77. The van der Waals surface area contributed by atoms with Crippen molar-refractivity contribution in [1.29, 1.82) is 0 Å². The number of nitrogens with zero attached hydrogens (tertiary/aromatic N) is 1. The molecule has 0 bridgehead atoms. The maximum Gasteiger partial charge on any atom is 0.331 e. The van der Waals surface area contributed by atoms with Gasteiger partial charge in [-0.15, -0.1) is 12.4 Å². The Bertz CT molecular complexity index is 160. The molecule has 0 N–H and O–H groups in total. The van der Waals surface area contributed by atoms with Crippen LogP contribution in [0.1, 0.15) is 19.8 Å². The number of rotatable bonds is 5. The summed E-state index contributed by atoms with van der Waals surface area (Å²) in [5.74, 6) is -0.359. The van der Waals surface area contributed by atoms with Gasteiger partial charge in [-0.25, -0.2) is 4.79 Å². The molecule has 0 heterocycles. The maximum atomic E-state index is 10.8. The average Bonchev–Trinajstić information content (AvgIpc) is 2.03. The van der Waals surface area contributed by atoms with E-state index in [0.717, 1.165) is 12.8 Å². The summed E-state index contributed by atoms with van der Waals surface area (Å²) < 4.78 is 5.07. The molecule has 13 heavy (non-hydrogen) atoms. The van der Waals surface area contributed by atoms with E-state index in [4.69, 9.17) is 4.74 Å². The van der Waals surface area contributed by atoms with E-state index in [9.17, 15) is 4.79 Å². The van der Waals surface area contributed by atoms with E-state index >= 15 is 0 Å². The van der Waals surface area contributed by atoms with Crippen LogP contribution in [0.15, 0.2) is 12.7 Å². The van der Waals surface area contributed by atoms with Gasteiger partial charge in [0.15, 0.2) is 6.23 Å². The normalized spacial score (nSPS) is 11.7. The third-order valence-corrected chi connectivity index (χ3v) is 1.53. The molecule has 0 aliphatic carbocycles. The highest BCUT2D eigenvalue weighted by atomic mass is 35.5.